The van der Waals surface area contributed by atoms with Crippen molar-refractivity contribution in [1.29, 1.82) is 0 Å². The molecule has 0 aromatic heterocycles. The molecular weight excluding hydrogens is 195 g/mol. The minimum Gasteiger partial charge on any atom is -0.206 e. The van der Waals surface area contributed by atoms with Crippen molar-refractivity contribution in [3.8, 4) is 0 Å². The largest absolute Gasteiger partial charge is 0.206 e. The Bertz CT molecular complexity index is 233. The molecule has 0 saturated heterocycles. The van der Waals surface area contributed by atoms with Crippen LogP contribution in [0.4, 0.5) is 4.39 Å². The number of rotatable bonds is 1. The highest BCUT2D eigenvalue weighted by Gasteiger charge is 1.97. The van der Waals surface area contributed by atoms with Crippen LogP contribution >= 0.6 is 15.9 Å². The highest BCUT2D eigenvalue weighted by Crippen LogP contribution is 2.17. The van der Waals surface area contributed by atoms with Crippen molar-refractivity contribution in [2.45, 2.75) is 6.92 Å². The molecule has 0 N–H and O–H groups in total. The van der Waals surface area contributed by atoms with Gasteiger partial charge in [0.25, 0.3) is 0 Å². The molecule has 1 aromatic rings. The first-order valence-electron chi connectivity index (χ1n) is 2.98. The molecule has 0 aliphatic rings. The maximum absolute atomic E-state index is 12.6. The Hall–Kier alpha value is -0.370. The monoisotopic (exact) mass is 201 g/mol. The fourth-order valence-corrected chi connectivity index (χ4v) is 1.09. The molecule has 1 aromatic carbocycles. The zero-order valence-electron chi connectivity index (χ0n) is 5.57. The van der Waals surface area contributed by atoms with Crippen molar-refractivity contribution < 1.29 is 4.39 Å². The second-order valence-corrected chi connectivity index (χ2v) is 2.82. The van der Waals surface area contributed by atoms with Gasteiger partial charge >= 0.3 is 0 Å². The summed E-state index contributed by atoms with van der Waals surface area (Å²) in [5.74, 6) is -0.217. The summed E-state index contributed by atoms with van der Waals surface area (Å²) in [6, 6.07) is 4.93. The van der Waals surface area contributed by atoms with Crippen LogP contribution in [-0.4, -0.2) is 0 Å². The molecular formula is C8H7BrF. The van der Waals surface area contributed by atoms with E-state index in [9.17, 15) is 4.39 Å². The summed E-state index contributed by atoms with van der Waals surface area (Å²) in [7, 11) is 0. The normalized spacial score (nSPS) is 9.90. The molecule has 0 aliphatic heterocycles. The van der Waals surface area contributed by atoms with Crippen LogP contribution in [0, 0.1) is 12.2 Å². The van der Waals surface area contributed by atoms with Crippen LogP contribution in [0.15, 0.2) is 22.7 Å². The van der Waals surface area contributed by atoms with E-state index in [0.717, 1.165) is 5.56 Å². The van der Waals surface area contributed by atoms with E-state index in [-0.39, 0.29) is 5.82 Å². The summed E-state index contributed by atoms with van der Waals surface area (Å²) in [5, 5.41) is 0. The summed E-state index contributed by atoms with van der Waals surface area (Å²) in [4.78, 5) is 0. The van der Waals surface area contributed by atoms with Gasteiger partial charge in [0.2, 0.25) is 0 Å². The van der Waals surface area contributed by atoms with Gasteiger partial charge in [-0.25, -0.2) is 4.39 Å². The molecule has 0 unspecified atom stereocenters. The van der Waals surface area contributed by atoms with E-state index in [0.29, 0.717) is 4.47 Å². The van der Waals surface area contributed by atoms with E-state index in [1.165, 1.54) is 6.07 Å². The van der Waals surface area contributed by atoms with Gasteiger partial charge in [-0.2, -0.15) is 0 Å². The van der Waals surface area contributed by atoms with Gasteiger partial charge < -0.3 is 0 Å². The first-order chi connectivity index (χ1) is 4.74. The molecule has 53 valence electrons. The SMILES string of the molecule is C[CH]c1ccc(F)c(Br)c1. The standard InChI is InChI=1S/C8H7BrF/c1-2-6-3-4-8(10)7(9)5-6/h2-5H,1H3. The molecule has 0 nitrogen and oxygen atoms in total. The number of halogens is 2. The number of benzene rings is 1. The minimum atomic E-state index is -0.217. The summed E-state index contributed by atoms with van der Waals surface area (Å²) < 4.78 is 13.1. The highest BCUT2D eigenvalue weighted by molar-refractivity contribution is 9.10. The first kappa shape index (κ1) is 7.73. The van der Waals surface area contributed by atoms with Crippen molar-refractivity contribution in [3.63, 3.8) is 0 Å². The van der Waals surface area contributed by atoms with Crippen molar-refractivity contribution in [2.24, 2.45) is 0 Å². The van der Waals surface area contributed by atoms with Crippen LogP contribution in [0.2, 0.25) is 0 Å². The quantitative estimate of drug-likeness (QED) is 0.656. The molecule has 0 bridgehead atoms. The lowest BCUT2D eigenvalue weighted by molar-refractivity contribution is 0.621. The predicted molar refractivity (Wildman–Crippen MR) is 43.2 cm³/mol. The van der Waals surface area contributed by atoms with Gasteiger partial charge in [0.15, 0.2) is 0 Å². The number of hydrogen-bond acceptors (Lipinski definition) is 0. The molecule has 0 atom stereocenters. The van der Waals surface area contributed by atoms with E-state index in [4.69, 9.17) is 0 Å². The predicted octanol–water partition coefficient (Wildman–Crippen LogP) is 3.16. The summed E-state index contributed by atoms with van der Waals surface area (Å²) >= 11 is 3.09. The summed E-state index contributed by atoms with van der Waals surface area (Å²) in [6.07, 6.45) is 1.92. The van der Waals surface area contributed by atoms with Crippen molar-refractivity contribution >= 4 is 15.9 Å². The molecule has 2 heteroatoms. The van der Waals surface area contributed by atoms with Crippen molar-refractivity contribution in [2.75, 3.05) is 0 Å². The Morgan fingerprint density at radius 3 is 2.70 bits per heavy atom. The van der Waals surface area contributed by atoms with E-state index in [1.54, 1.807) is 12.1 Å². The smallest absolute Gasteiger partial charge is 0.137 e. The van der Waals surface area contributed by atoms with Gasteiger partial charge in [0.05, 0.1) is 4.47 Å². The maximum atomic E-state index is 12.6. The first-order valence-corrected chi connectivity index (χ1v) is 3.78. The molecule has 0 amide bonds. The Morgan fingerprint density at radius 1 is 1.50 bits per heavy atom. The Kier molecular flexibility index (Phi) is 2.44. The Balaban J connectivity index is 3.04. The van der Waals surface area contributed by atoms with Crippen LogP contribution in [0.3, 0.4) is 0 Å². The summed E-state index contributed by atoms with van der Waals surface area (Å²) in [5.41, 5.74) is 1.02. The molecule has 1 radical (unpaired) electrons. The number of hydrogen-bond donors (Lipinski definition) is 0. The molecule has 0 heterocycles. The van der Waals surface area contributed by atoms with Crippen molar-refractivity contribution in [1.82, 2.24) is 0 Å². The van der Waals surface area contributed by atoms with Gasteiger partial charge in [-0.3, -0.25) is 0 Å². The third-order valence-electron chi connectivity index (χ3n) is 1.28. The maximum Gasteiger partial charge on any atom is 0.137 e. The highest BCUT2D eigenvalue weighted by atomic mass is 79.9. The molecule has 0 saturated carbocycles. The van der Waals surface area contributed by atoms with E-state index in [1.807, 2.05) is 13.3 Å². The fourth-order valence-electron chi connectivity index (χ4n) is 0.692. The zero-order chi connectivity index (χ0) is 7.56. The van der Waals surface area contributed by atoms with Gasteiger partial charge in [-0.1, -0.05) is 13.0 Å². The minimum absolute atomic E-state index is 0.217. The van der Waals surface area contributed by atoms with Crippen molar-refractivity contribution in [3.05, 3.63) is 40.5 Å². The average molecular weight is 202 g/mol. The second-order valence-electron chi connectivity index (χ2n) is 1.96. The molecule has 0 aliphatic carbocycles. The second kappa shape index (κ2) is 3.15. The van der Waals surface area contributed by atoms with Gasteiger partial charge in [-0.15, -0.1) is 0 Å². The van der Waals surface area contributed by atoms with Gasteiger partial charge in [0.1, 0.15) is 5.82 Å². The molecule has 0 fully saturated rings. The Labute approximate surface area is 68.2 Å². The summed E-state index contributed by atoms with van der Waals surface area (Å²) in [6.45, 7) is 1.92. The third-order valence-corrected chi connectivity index (χ3v) is 1.88. The lowest BCUT2D eigenvalue weighted by atomic mass is 10.2. The van der Waals surface area contributed by atoms with Crippen LogP contribution in [0.5, 0.6) is 0 Å². The lowest BCUT2D eigenvalue weighted by Gasteiger charge is -1.96. The van der Waals surface area contributed by atoms with E-state index >= 15 is 0 Å². The van der Waals surface area contributed by atoms with Crippen LogP contribution in [0.1, 0.15) is 12.5 Å². The van der Waals surface area contributed by atoms with Crippen LogP contribution in [0.25, 0.3) is 0 Å². The zero-order valence-corrected chi connectivity index (χ0v) is 7.15. The Morgan fingerprint density at radius 2 is 2.20 bits per heavy atom. The molecule has 1 rings (SSSR count). The van der Waals surface area contributed by atoms with E-state index < -0.39 is 0 Å². The van der Waals surface area contributed by atoms with Crippen LogP contribution < -0.4 is 0 Å². The van der Waals surface area contributed by atoms with Gasteiger partial charge in [0, 0.05) is 0 Å². The lowest BCUT2D eigenvalue weighted by Crippen LogP contribution is -1.80. The topological polar surface area (TPSA) is 0 Å². The third kappa shape index (κ3) is 1.57. The van der Waals surface area contributed by atoms with E-state index in [2.05, 4.69) is 15.9 Å². The molecule has 0 spiro atoms. The van der Waals surface area contributed by atoms with Gasteiger partial charge in [-0.05, 0) is 40.0 Å². The van der Waals surface area contributed by atoms with Crippen LogP contribution in [-0.2, 0) is 0 Å². The average Bonchev–Trinajstić information content (AvgIpc) is 1.95. The fraction of sp³-hybridized carbons (Fsp3) is 0.125. The molecule has 10 heavy (non-hydrogen) atoms.